The van der Waals surface area contributed by atoms with E-state index in [4.69, 9.17) is 0 Å². The van der Waals surface area contributed by atoms with Crippen LogP contribution in [-0.4, -0.2) is 23.5 Å². The van der Waals surface area contributed by atoms with Gasteiger partial charge in [0.05, 0.1) is 0 Å². The van der Waals surface area contributed by atoms with Gasteiger partial charge in [-0.3, -0.25) is 4.90 Å². The van der Waals surface area contributed by atoms with Crippen molar-refractivity contribution >= 4 is 0 Å². The third-order valence-electron chi connectivity index (χ3n) is 3.24. The minimum absolute atomic E-state index is 0.661. The zero-order chi connectivity index (χ0) is 6.48. The van der Waals surface area contributed by atoms with E-state index in [1.54, 1.807) is 0 Å². The molecule has 3 rings (SSSR count). The predicted octanol–water partition coefficient (Wildman–Crippen LogP) is 1.49. The summed E-state index contributed by atoms with van der Waals surface area (Å²) in [5.41, 5.74) is 0.661. The van der Waals surface area contributed by atoms with Crippen molar-refractivity contribution in [2.24, 2.45) is 5.92 Å². The molecular formula is C8H15N. The molecule has 1 heteroatoms. The molecule has 0 spiro atoms. The van der Waals surface area contributed by atoms with E-state index in [0.29, 0.717) is 5.54 Å². The topological polar surface area (TPSA) is 3.24 Å². The third kappa shape index (κ3) is 0.493. The summed E-state index contributed by atoms with van der Waals surface area (Å²) in [5.74, 6) is 1.07. The Hall–Kier alpha value is -0.0400. The first-order chi connectivity index (χ1) is 4.27. The molecule has 0 radical (unpaired) electrons. The van der Waals surface area contributed by atoms with Crippen molar-refractivity contribution in [3.63, 3.8) is 0 Å². The van der Waals surface area contributed by atoms with E-state index in [1.165, 1.54) is 25.9 Å². The minimum atomic E-state index is 0.661. The molecule has 0 N–H and O–H groups in total. The SMILES string of the molecule is CCC[C@@]1(C)C2CN1C2. The number of rotatable bonds is 2. The molecule has 2 bridgehead atoms. The van der Waals surface area contributed by atoms with Gasteiger partial charge in [-0.25, -0.2) is 0 Å². The van der Waals surface area contributed by atoms with Gasteiger partial charge < -0.3 is 0 Å². The van der Waals surface area contributed by atoms with Crippen LogP contribution >= 0.6 is 0 Å². The maximum absolute atomic E-state index is 2.60. The van der Waals surface area contributed by atoms with Crippen molar-refractivity contribution in [1.29, 1.82) is 0 Å². The van der Waals surface area contributed by atoms with Gasteiger partial charge in [-0.15, -0.1) is 0 Å². The Labute approximate surface area is 57.0 Å². The highest BCUT2D eigenvalue weighted by Gasteiger charge is 2.58. The van der Waals surface area contributed by atoms with Crippen LogP contribution in [0.25, 0.3) is 0 Å². The van der Waals surface area contributed by atoms with Crippen molar-refractivity contribution < 1.29 is 0 Å². The highest BCUT2D eigenvalue weighted by atomic mass is 15.4. The zero-order valence-electron chi connectivity index (χ0n) is 6.35. The van der Waals surface area contributed by atoms with E-state index in [0.717, 1.165) is 5.92 Å². The van der Waals surface area contributed by atoms with Gasteiger partial charge in [0.25, 0.3) is 0 Å². The Balaban J connectivity index is 1.95. The molecule has 0 aromatic rings. The summed E-state index contributed by atoms with van der Waals surface area (Å²) >= 11 is 0. The van der Waals surface area contributed by atoms with E-state index in [-0.39, 0.29) is 0 Å². The van der Waals surface area contributed by atoms with E-state index >= 15 is 0 Å². The van der Waals surface area contributed by atoms with Crippen LogP contribution in [0, 0.1) is 5.92 Å². The van der Waals surface area contributed by atoms with Gasteiger partial charge in [-0.1, -0.05) is 13.3 Å². The van der Waals surface area contributed by atoms with Crippen LogP contribution in [0.1, 0.15) is 26.7 Å². The van der Waals surface area contributed by atoms with Crippen LogP contribution in [0.3, 0.4) is 0 Å². The van der Waals surface area contributed by atoms with Gasteiger partial charge in [0.2, 0.25) is 0 Å². The fraction of sp³-hybridized carbons (Fsp3) is 1.00. The Morgan fingerprint density at radius 2 is 2.11 bits per heavy atom. The maximum atomic E-state index is 2.60. The van der Waals surface area contributed by atoms with Crippen LogP contribution < -0.4 is 0 Å². The van der Waals surface area contributed by atoms with Crippen LogP contribution in [0.2, 0.25) is 0 Å². The smallest absolute Gasteiger partial charge is 0.0234 e. The summed E-state index contributed by atoms with van der Waals surface area (Å²) in [4.78, 5) is 2.60. The van der Waals surface area contributed by atoms with Crippen molar-refractivity contribution in [3.8, 4) is 0 Å². The van der Waals surface area contributed by atoms with Crippen molar-refractivity contribution in [2.45, 2.75) is 32.2 Å². The standard InChI is InChI=1S/C8H15N/c1-3-4-8(2)7-5-9(8)6-7/h7H,3-6H2,1-2H3/t8-/m0/s1. The quantitative estimate of drug-likeness (QED) is 0.540. The molecule has 0 aromatic carbocycles. The Morgan fingerprint density at radius 3 is 2.22 bits per heavy atom. The van der Waals surface area contributed by atoms with Crippen molar-refractivity contribution in [2.75, 3.05) is 13.1 Å². The lowest BCUT2D eigenvalue weighted by molar-refractivity contribution is -0.198. The largest absolute Gasteiger partial charge is 0.297 e. The number of hydrogen-bond acceptors (Lipinski definition) is 1. The summed E-state index contributed by atoms with van der Waals surface area (Å²) in [6, 6.07) is 0. The maximum Gasteiger partial charge on any atom is 0.0234 e. The van der Waals surface area contributed by atoms with E-state index in [1.807, 2.05) is 0 Å². The first kappa shape index (κ1) is 5.72. The van der Waals surface area contributed by atoms with Crippen molar-refractivity contribution in [1.82, 2.24) is 4.90 Å². The predicted molar refractivity (Wildman–Crippen MR) is 38.4 cm³/mol. The Morgan fingerprint density at radius 1 is 1.56 bits per heavy atom. The summed E-state index contributed by atoms with van der Waals surface area (Å²) in [6.45, 7) is 7.49. The highest BCUT2D eigenvalue weighted by molar-refractivity contribution is 5.13. The van der Waals surface area contributed by atoms with Gasteiger partial charge >= 0.3 is 0 Å². The Kier molecular flexibility index (Phi) is 0.963. The molecular weight excluding hydrogens is 110 g/mol. The minimum Gasteiger partial charge on any atom is -0.297 e. The zero-order valence-corrected chi connectivity index (χ0v) is 6.35. The summed E-state index contributed by atoms with van der Waals surface area (Å²) in [5, 5.41) is 0. The number of hydrogen-bond donors (Lipinski definition) is 0. The second-order valence-electron chi connectivity index (χ2n) is 3.71. The summed E-state index contributed by atoms with van der Waals surface area (Å²) in [7, 11) is 0. The molecule has 52 valence electrons. The second kappa shape index (κ2) is 1.51. The van der Waals surface area contributed by atoms with Crippen LogP contribution in [0.5, 0.6) is 0 Å². The molecule has 3 aliphatic rings. The second-order valence-corrected chi connectivity index (χ2v) is 3.71. The molecule has 1 nitrogen and oxygen atoms in total. The van der Waals surface area contributed by atoms with Crippen LogP contribution in [0.15, 0.2) is 0 Å². The molecule has 3 fully saturated rings. The van der Waals surface area contributed by atoms with Crippen LogP contribution in [0.4, 0.5) is 0 Å². The molecule has 3 saturated heterocycles. The first-order valence-electron chi connectivity index (χ1n) is 4.02. The molecule has 9 heavy (non-hydrogen) atoms. The van der Waals surface area contributed by atoms with Gasteiger partial charge in [-0.2, -0.15) is 0 Å². The summed E-state index contributed by atoms with van der Waals surface area (Å²) in [6.07, 6.45) is 2.77. The molecule has 3 aliphatic heterocycles. The molecule has 1 atom stereocenters. The van der Waals surface area contributed by atoms with E-state index in [2.05, 4.69) is 18.7 Å². The molecule has 0 unspecified atom stereocenters. The van der Waals surface area contributed by atoms with Crippen LogP contribution in [-0.2, 0) is 0 Å². The fourth-order valence-corrected chi connectivity index (χ4v) is 2.19. The monoisotopic (exact) mass is 125 g/mol. The molecule has 0 aromatic heterocycles. The average Bonchev–Trinajstić information content (AvgIpc) is 1.60. The molecule has 0 amide bonds. The van der Waals surface area contributed by atoms with E-state index in [9.17, 15) is 0 Å². The molecule has 0 aliphatic carbocycles. The van der Waals surface area contributed by atoms with Gasteiger partial charge in [0.15, 0.2) is 0 Å². The lowest BCUT2D eigenvalue weighted by Crippen LogP contribution is -2.79. The Bertz CT molecular complexity index is 117. The number of nitrogens with zero attached hydrogens (tertiary/aromatic N) is 1. The van der Waals surface area contributed by atoms with Gasteiger partial charge in [0.1, 0.15) is 0 Å². The van der Waals surface area contributed by atoms with Gasteiger partial charge in [-0.05, 0) is 13.3 Å². The normalized spacial score (nSPS) is 54.0. The van der Waals surface area contributed by atoms with Crippen molar-refractivity contribution in [3.05, 3.63) is 0 Å². The summed E-state index contributed by atoms with van der Waals surface area (Å²) < 4.78 is 0. The fourth-order valence-electron chi connectivity index (χ4n) is 2.19. The average molecular weight is 125 g/mol. The third-order valence-corrected chi connectivity index (χ3v) is 3.24. The first-order valence-corrected chi connectivity index (χ1v) is 4.02. The molecule has 0 saturated carbocycles. The highest BCUT2D eigenvalue weighted by Crippen LogP contribution is 2.50. The molecule has 3 heterocycles. The van der Waals surface area contributed by atoms with Gasteiger partial charge in [0, 0.05) is 24.5 Å². The lowest BCUT2D eigenvalue weighted by atomic mass is 9.63. The lowest BCUT2D eigenvalue weighted by Gasteiger charge is -2.69. The van der Waals surface area contributed by atoms with E-state index < -0.39 is 0 Å².